The number of methoxy groups -OCH3 is 1. The van der Waals surface area contributed by atoms with Crippen molar-refractivity contribution in [3.63, 3.8) is 0 Å². The van der Waals surface area contributed by atoms with Crippen molar-refractivity contribution in [2.45, 2.75) is 6.10 Å². The second kappa shape index (κ2) is 5.62. The standard InChI is InChI=1S/C13H14N2O5/c1-19-13(18)9(16)6-15-12(17)11-5-7-4-8(14)2-3-10(7)20-11/h2-5,9,16H,6,14H2,1H3,(H,15,17). The molecule has 4 N–H and O–H groups in total. The van der Waals surface area contributed by atoms with Crippen LogP contribution in [-0.4, -0.2) is 36.7 Å². The number of hydrogen-bond acceptors (Lipinski definition) is 6. The van der Waals surface area contributed by atoms with Gasteiger partial charge in [0.25, 0.3) is 5.91 Å². The first kappa shape index (κ1) is 13.9. The minimum absolute atomic E-state index is 0.0719. The number of nitrogens with two attached hydrogens (primary N) is 1. The predicted molar refractivity (Wildman–Crippen MR) is 71.0 cm³/mol. The van der Waals surface area contributed by atoms with Crippen LogP contribution in [0.3, 0.4) is 0 Å². The van der Waals surface area contributed by atoms with E-state index in [0.29, 0.717) is 16.7 Å². The molecule has 1 heterocycles. The maximum atomic E-state index is 11.8. The molecule has 20 heavy (non-hydrogen) atoms. The lowest BCUT2D eigenvalue weighted by atomic mass is 10.2. The van der Waals surface area contributed by atoms with E-state index < -0.39 is 18.0 Å². The average molecular weight is 278 g/mol. The summed E-state index contributed by atoms with van der Waals surface area (Å²) < 4.78 is 9.67. The number of anilines is 1. The van der Waals surface area contributed by atoms with E-state index in [-0.39, 0.29) is 12.3 Å². The molecule has 0 aliphatic heterocycles. The number of ether oxygens (including phenoxy) is 1. The van der Waals surface area contributed by atoms with Crippen LogP contribution >= 0.6 is 0 Å². The van der Waals surface area contributed by atoms with E-state index in [4.69, 9.17) is 10.2 Å². The molecule has 0 aliphatic rings. The van der Waals surface area contributed by atoms with Gasteiger partial charge in [0.15, 0.2) is 11.9 Å². The molecule has 0 spiro atoms. The molecule has 0 radical (unpaired) electrons. The Kier molecular flexibility index (Phi) is 3.90. The van der Waals surface area contributed by atoms with Crippen molar-refractivity contribution < 1.29 is 23.8 Å². The Morgan fingerprint density at radius 3 is 2.90 bits per heavy atom. The lowest BCUT2D eigenvalue weighted by Gasteiger charge is -2.08. The van der Waals surface area contributed by atoms with Gasteiger partial charge in [-0.1, -0.05) is 0 Å². The Labute approximate surface area is 114 Å². The fourth-order valence-electron chi connectivity index (χ4n) is 1.67. The maximum absolute atomic E-state index is 11.8. The number of esters is 1. The minimum Gasteiger partial charge on any atom is -0.467 e. The van der Waals surface area contributed by atoms with Crippen molar-refractivity contribution in [3.8, 4) is 0 Å². The topological polar surface area (TPSA) is 115 Å². The second-order valence-corrected chi connectivity index (χ2v) is 4.16. The summed E-state index contributed by atoms with van der Waals surface area (Å²) in [5.41, 5.74) is 6.72. The number of amides is 1. The van der Waals surface area contributed by atoms with E-state index in [2.05, 4.69) is 10.1 Å². The highest BCUT2D eigenvalue weighted by molar-refractivity contribution is 5.96. The van der Waals surface area contributed by atoms with Crippen LogP contribution in [0.2, 0.25) is 0 Å². The lowest BCUT2D eigenvalue weighted by molar-refractivity contribution is -0.149. The van der Waals surface area contributed by atoms with Gasteiger partial charge in [0.2, 0.25) is 0 Å². The summed E-state index contributed by atoms with van der Waals surface area (Å²) >= 11 is 0. The van der Waals surface area contributed by atoms with Crippen LogP contribution in [0.15, 0.2) is 28.7 Å². The number of nitrogens with one attached hydrogen (secondary N) is 1. The van der Waals surface area contributed by atoms with E-state index >= 15 is 0 Å². The van der Waals surface area contributed by atoms with Crippen LogP contribution in [-0.2, 0) is 9.53 Å². The van der Waals surface area contributed by atoms with E-state index in [1.54, 1.807) is 18.2 Å². The Morgan fingerprint density at radius 1 is 1.45 bits per heavy atom. The van der Waals surface area contributed by atoms with Crippen molar-refractivity contribution in [2.24, 2.45) is 0 Å². The molecule has 0 fully saturated rings. The van der Waals surface area contributed by atoms with Gasteiger partial charge in [0.05, 0.1) is 13.7 Å². The molecule has 0 aliphatic carbocycles. The molecule has 1 amide bonds. The monoisotopic (exact) mass is 278 g/mol. The van der Waals surface area contributed by atoms with Crippen molar-refractivity contribution in [3.05, 3.63) is 30.0 Å². The highest BCUT2D eigenvalue weighted by atomic mass is 16.5. The molecule has 0 bridgehead atoms. The number of benzene rings is 1. The third-order valence-corrected chi connectivity index (χ3v) is 2.69. The van der Waals surface area contributed by atoms with Gasteiger partial charge in [-0.05, 0) is 24.3 Å². The number of fused-ring (bicyclic) bond motifs is 1. The summed E-state index contributed by atoms with van der Waals surface area (Å²) in [4.78, 5) is 22.8. The number of rotatable bonds is 4. The fraction of sp³-hybridized carbons (Fsp3) is 0.231. The van der Waals surface area contributed by atoms with Gasteiger partial charge in [-0.3, -0.25) is 4.79 Å². The van der Waals surface area contributed by atoms with E-state index in [9.17, 15) is 14.7 Å². The SMILES string of the molecule is COC(=O)C(O)CNC(=O)c1cc2cc(N)ccc2o1. The van der Waals surface area contributed by atoms with Gasteiger partial charge < -0.3 is 25.3 Å². The quantitative estimate of drug-likeness (QED) is 0.546. The summed E-state index contributed by atoms with van der Waals surface area (Å²) in [6.45, 7) is -0.259. The van der Waals surface area contributed by atoms with Crippen molar-refractivity contribution in [1.82, 2.24) is 5.32 Å². The van der Waals surface area contributed by atoms with E-state index in [0.717, 1.165) is 7.11 Å². The summed E-state index contributed by atoms with van der Waals surface area (Å²) in [5, 5.41) is 12.4. The van der Waals surface area contributed by atoms with Gasteiger partial charge in [-0.2, -0.15) is 0 Å². The van der Waals surface area contributed by atoms with Gasteiger partial charge >= 0.3 is 5.97 Å². The Hall–Kier alpha value is -2.54. The fourth-order valence-corrected chi connectivity index (χ4v) is 1.67. The highest BCUT2D eigenvalue weighted by Gasteiger charge is 2.18. The molecule has 0 saturated carbocycles. The van der Waals surface area contributed by atoms with Gasteiger partial charge in [-0.15, -0.1) is 0 Å². The first-order chi connectivity index (χ1) is 9.51. The molecule has 0 saturated heterocycles. The molecule has 1 aromatic heterocycles. The molecule has 2 rings (SSSR count). The molecule has 2 aromatic rings. The number of furan rings is 1. The minimum atomic E-state index is -1.41. The number of carbonyl (C=O) groups is 2. The molecule has 1 aromatic carbocycles. The second-order valence-electron chi connectivity index (χ2n) is 4.16. The number of aliphatic hydroxyl groups is 1. The smallest absolute Gasteiger partial charge is 0.336 e. The summed E-state index contributed by atoms with van der Waals surface area (Å²) in [6, 6.07) is 6.53. The molecule has 7 heteroatoms. The number of nitrogen functional groups attached to an aromatic ring is 1. The van der Waals surface area contributed by atoms with Crippen LogP contribution in [0.5, 0.6) is 0 Å². The van der Waals surface area contributed by atoms with Crippen LogP contribution in [0.4, 0.5) is 5.69 Å². The molecule has 1 unspecified atom stereocenters. The third kappa shape index (κ3) is 2.89. The number of carbonyl (C=O) groups excluding carboxylic acids is 2. The molecular weight excluding hydrogens is 264 g/mol. The van der Waals surface area contributed by atoms with Crippen LogP contribution in [0.1, 0.15) is 10.6 Å². The highest BCUT2D eigenvalue weighted by Crippen LogP contribution is 2.21. The van der Waals surface area contributed by atoms with Gasteiger partial charge in [-0.25, -0.2) is 4.79 Å². The van der Waals surface area contributed by atoms with Gasteiger partial charge in [0.1, 0.15) is 5.58 Å². The first-order valence-corrected chi connectivity index (χ1v) is 5.84. The van der Waals surface area contributed by atoms with E-state index in [1.165, 1.54) is 6.07 Å². The zero-order valence-corrected chi connectivity index (χ0v) is 10.8. The molecule has 106 valence electrons. The van der Waals surface area contributed by atoms with Crippen LogP contribution < -0.4 is 11.1 Å². The molecule has 7 nitrogen and oxygen atoms in total. The molecule has 1 atom stereocenters. The summed E-state index contributed by atoms with van der Waals surface area (Å²) in [7, 11) is 1.15. The normalized spacial score (nSPS) is 12.1. The van der Waals surface area contributed by atoms with Crippen molar-refractivity contribution in [1.29, 1.82) is 0 Å². The van der Waals surface area contributed by atoms with E-state index in [1.807, 2.05) is 0 Å². The molecular formula is C13H14N2O5. The lowest BCUT2D eigenvalue weighted by Crippen LogP contribution is -2.37. The average Bonchev–Trinajstić information content (AvgIpc) is 2.86. The van der Waals surface area contributed by atoms with Gasteiger partial charge in [0, 0.05) is 11.1 Å². The maximum Gasteiger partial charge on any atom is 0.336 e. The summed E-state index contributed by atoms with van der Waals surface area (Å²) in [5.74, 6) is -1.28. The zero-order chi connectivity index (χ0) is 14.7. The predicted octanol–water partition coefficient (Wildman–Crippen LogP) is 0.279. The zero-order valence-electron chi connectivity index (χ0n) is 10.8. The first-order valence-electron chi connectivity index (χ1n) is 5.84. The van der Waals surface area contributed by atoms with Crippen molar-refractivity contribution in [2.75, 3.05) is 19.4 Å². The number of hydrogen-bond donors (Lipinski definition) is 3. The third-order valence-electron chi connectivity index (χ3n) is 2.69. The van der Waals surface area contributed by atoms with Crippen LogP contribution in [0.25, 0.3) is 11.0 Å². The largest absolute Gasteiger partial charge is 0.467 e. The number of aliphatic hydroxyl groups excluding tert-OH is 1. The Morgan fingerprint density at radius 2 is 2.20 bits per heavy atom. The summed E-state index contributed by atoms with van der Waals surface area (Å²) in [6.07, 6.45) is -1.41. The van der Waals surface area contributed by atoms with Crippen molar-refractivity contribution >= 4 is 28.5 Å². The Bertz CT molecular complexity index is 649. The van der Waals surface area contributed by atoms with Crippen LogP contribution in [0, 0.1) is 0 Å². The Balaban J connectivity index is 2.06.